The first-order valence-corrected chi connectivity index (χ1v) is 11.8. The van der Waals surface area contributed by atoms with Crippen LogP contribution in [0.4, 0.5) is 4.79 Å². The van der Waals surface area contributed by atoms with Crippen LogP contribution in [0.25, 0.3) is 10.2 Å². The molecular formula is C23H31N5O3S. The lowest BCUT2D eigenvalue weighted by atomic mass is 9.97. The van der Waals surface area contributed by atoms with Crippen LogP contribution in [0, 0.1) is 0 Å². The van der Waals surface area contributed by atoms with Gasteiger partial charge in [-0.15, -0.1) is 11.3 Å². The number of rotatable bonds is 5. The van der Waals surface area contributed by atoms with E-state index in [4.69, 9.17) is 14.2 Å². The zero-order chi connectivity index (χ0) is 22.9. The quantitative estimate of drug-likeness (QED) is 0.587. The Morgan fingerprint density at radius 1 is 1.19 bits per heavy atom. The molecule has 1 aliphatic rings. The number of ether oxygens (including phenoxy) is 1. The van der Waals surface area contributed by atoms with E-state index in [0.717, 1.165) is 31.4 Å². The van der Waals surface area contributed by atoms with E-state index < -0.39 is 17.2 Å². The normalized spacial score (nSPS) is 16.4. The molecule has 8 nitrogen and oxygen atoms in total. The molecule has 32 heavy (non-hydrogen) atoms. The number of hydrogen-bond acceptors (Lipinski definition) is 8. The highest BCUT2D eigenvalue weighted by atomic mass is 32.1. The van der Waals surface area contributed by atoms with Crippen molar-refractivity contribution in [1.29, 1.82) is 0 Å². The third kappa shape index (κ3) is 5.45. The predicted molar refractivity (Wildman–Crippen MR) is 124 cm³/mol. The van der Waals surface area contributed by atoms with Gasteiger partial charge in [0.1, 0.15) is 11.1 Å². The Labute approximate surface area is 192 Å². The number of piperidine rings is 1. The topological polar surface area (TPSA) is 93.4 Å². The highest BCUT2D eigenvalue weighted by molar-refractivity contribution is 7.18. The van der Waals surface area contributed by atoms with E-state index in [1.54, 1.807) is 0 Å². The molecular weight excluding hydrogens is 426 g/mol. The van der Waals surface area contributed by atoms with Gasteiger partial charge in [0.25, 0.3) is 0 Å². The second kappa shape index (κ2) is 8.78. The number of hydrogen-bond donors (Lipinski definition) is 1. The molecule has 0 saturated carbocycles. The largest absolute Gasteiger partial charge is 0.444 e. The summed E-state index contributed by atoms with van der Waals surface area (Å²) in [5.41, 5.74) is -0.278. The third-order valence-corrected chi connectivity index (χ3v) is 6.65. The van der Waals surface area contributed by atoms with Crippen molar-refractivity contribution in [3.8, 4) is 0 Å². The van der Waals surface area contributed by atoms with Crippen LogP contribution in [0.5, 0.6) is 0 Å². The highest BCUT2D eigenvalue weighted by Crippen LogP contribution is 2.34. The van der Waals surface area contributed by atoms with Crippen molar-refractivity contribution in [1.82, 2.24) is 25.3 Å². The summed E-state index contributed by atoms with van der Waals surface area (Å²) in [6.45, 7) is 11.6. The lowest BCUT2D eigenvalue weighted by molar-refractivity contribution is 0.0465. The summed E-state index contributed by atoms with van der Waals surface area (Å²) in [5, 5.41) is 8.15. The SMILES string of the molecule is CC(C)(C)OC(=O)NC(C)(C)c1noc(CN2CCC(c3nc4ccccc4s3)CC2)n1. The van der Waals surface area contributed by atoms with Crippen molar-refractivity contribution in [3.63, 3.8) is 0 Å². The number of fused-ring (bicyclic) bond motifs is 1. The number of para-hydroxylation sites is 1. The molecule has 9 heteroatoms. The molecule has 4 rings (SSSR count). The Balaban J connectivity index is 1.31. The van der Waals surface area contributed by atoms with Crippen LogP contribution in [-0.4, -0.2) is 44.8 Å². The average Bonchev–Trinajstić information content (AvgIpc) is 3.34. The van der Waals surface area contributed by atoms with Crippen LogP contribution >= 0.6 is 11.3 Å². The van der Waals surface area contributed by atoms with Gasteiger partial charge in [0, 0.05) is 5.92 Å². The second-order valence-electron chi connectivity index (χ2n) is 9.83. The fourth-order valence-corrected chi connectivity index (χ4v) is 4.92. The van der Waals surface area contributed by atoms with Gasteiger partial charge in [-0.1, -0.05) is 17.3 Å². The molecule has 0 unspecified atom stereocenters. The third-order valence-electron chi connectivity index (χ3n) is 5.45. The number of nitrogens with one attached hydrogen (secondary N) is 1. The molecule has 1 aromatic carbocycles. The molecule has 0 spiro atoms. The maximum atomic E-state index is 12.1. The molecule has 0 bridgehead atoms. The lowest BCUT2D eigenvalue weighted by Gasteiger charge is -2.29. The zero-order valence-corrected chi connectivity index (χ0v) is 20.2. The van der Waals surface area contributed by atoms with Gasteiger partial charge in [-0.05, 0) is 72.7 Å². The molecule has 3 aromatic rings. The fourth-order valence-electron chi connectivity index (χ4n) is 3.78. The van der Waals surface area contributed by atoms with E-state index in [2.05, 4.69) is 38.6 Å². The molecule has 0 atom stereocenters. The Kier molecular flexibility index (Phi) is 6.22. The van der Waals surface area contributed by atoms with Crippen LogP contribution in [0.3, 0.4) is 0 Å². The van der Waals surface area contributed by atoms with E-state index in [1.165, 1.54) is 9.71 Å². The Morgan fingerprint density at radius 3 is 2.59 bits per heavy atom. The Hall–Kier alpha value is -2.52. The van der Waals surface area contributed by atoms with Crippen molar-refractivity contribution >= 4 is 27.6 Å². The van der Waals surface area contributed by atoms with Gasteiger partial charge in [0.2, 0.25) is 5.89 Å². The number of alkyl carbamates (subject to hydrolysis) is 1. The van der Waals surface area contributed by atoms with Crippen molar-refractivity contribution < 1.29 is 14.1 Å². The van der Waals surface area contributed by atoms with Gasteiger partial charge in [-0.3, -0.25) is 4.90 Å². The van der Waals surface area contributed by atoms with Gasteiger partial charge in [0.15, 0.2) is 5.82 Å². The number of carbonyl (C=O) groups excluding carboxylic acids is 1. The number of thiazole rings is 1. The van der Waals surface area contributed by atoms with Crippen LogP contribution < -0.4 is 5.32 Å². The average molecular weight is 458 g/mol. The minimum Gasteiger partial charge on any atom is -0.444 e. The van der Waals surface area contributed by atoms with Gasteiger partial charge in [0.05, 0.1) is 21.8 Å². The van der Waals surface area contributed by atoms with Gasteiger partial charge in [-0.25, -0.2) is 9.78 Å². The van der Waals surface area contributed by atoms with Crippen molar-refractivity contribution in [2.24, 2.45) is 0 Å². The number of amides is 1. The molecule has 0 radical (unpaired) electrons. The minimum absolute atomic E-state index is 0.433. The summed E-state index contributed by atoms with van der Waals surface area (Å²) < 4.78 is 12.1. The number of aromatic nitrogens is 3. The summed E-state index contributed by atoms with van der Waals surface area (Å²) in [6, 6.07) is 8.32. The maximum Gasteiger partial charge on any atom is 0.408 e. The van der Waals surface area contributed by atoms with E-state index in [0.29, 0.717) is 24.2 Å². The molecule has 3 heterocycles. The molecule has 1 aliphatic heterocycles. The van der Waals surface area contributed by atoms with E-state index >= 15 is 0 Å². The number of likely N-dealkylation sites (tertiary alicyclic amines) is 1. The van der Waals surface area contributed by atoms with Gasteiger partial charge in [-0.2, -0.15) is 4.98 Å². The zero-order valence-electron chi connectivity index (χ0n) is 19.3. The lowest BCUT2D eigenvalue weighted by Crippen LogP contribution is -2.44. The first-order chi connectivity index (χ1) is 15.1. The smallest absolute Gasteiger partial charge is 0.408 e. The van der Waals surface area contributed by atoms with Crippen molar-refractivity contribution in [3.05, 3.63) is 41.0 Å². The van der Waals surface area contributed by atoms with E-state index in [9.17, 15) is 4.79 Å². The first-order valence-electron chi connectivity index (χ1n) is 11.0. The van der Waals surface area contributed by atoms with Crippen LogP contribution in [-0.2, 0) is 16.8 Å². The van der Waals surface area contributed by atoms with E-state index in [-0.39, 0.29) is 0 Å². The molecule has 0 aliphatic carbocycles. The number of carbonyl (C=O) groups is 1. The molecule has 1 saturated heterocycles. The standard InChI is InChI=1S/C23H31N5O3S/c1-22(2,3)30-21(29)26-23(4,5)20-25-18(31-27-20)14-28-12-10-15(11-13-28)19-24-16-8-6-7-9-17(16)32-19/h6-9,15H,10-14H2,1-5H3,(H,26,29). The molecule has 1 N–H and O–H groups in total. The van der Waals surface area contributed by atoms with Crippen LogP contribution in [0.1, 0.15) is 70.1 Å². The Bertz CT molecular complexity index is 1040. The fraction of sp³-hybridized carbons (Fsp3) is 0.565. The summed E-state index contributed by atoms with van der Waals surface area (Å²) in [7, 11) is 0. The van der Waals surface area contributed by atoms with E-state index in [1.807, 2.05) is 52.0 Å². The maximum absolute atomic E-state index is 12.1. The van der Waals surface area contributed by atoms with Gasteiger partial charge < -0.3 is 14.6 Å². The molecule has 1 amide bonds. The van der Waals surface area contributed by atoms with Crippen LogP contribution in [0.15, 0.2) is 28.8 Å². The highest BCUT2D eigenvalue weighted by Gasteiger charge is 2.31. The second-order valence-corrected chi connectivity index (χ2v) is 10.9. The first kappa shape index (κ1) is 22.7. The van der Waals surface area contributed by atoms with Crippen molar-refractivity contribution in [2.45, 2.75) is 71.1 Å². The summed E-state index contributed by atoms with van der Waals surface area (Å²) in [6.07, 6.45) is 1.62. The number of nitrogens with zero attached hydrogens (tertiary/aromatic N) is 4. The molecule has 1 fully saturated rings. The monoisotopic (exact) mass is 457 g/mol. The molecule has 172 valence electrons. The van der Waals surface area contributed by atoms with Gasteiger partial charge >= 0.3 is 6.09 Å². The summed E-state index contributed by atoms with van der Waals surface area (Å²) >= 11 is 1.81. The minimum atomic E-state index is -0.802. The summed E-state index contributed by atoms with van der Waals surface area (Å²) in [4.78, 5) is 23.8. The van der Waals surface area contributed by atoms with Crippen LogP contribution in [0.2, 0.25) is 0 Å². The van der Waals surface area contributed by atoms with Crippen molar-refractivity contribution in [2.75, 3.05) is 13.1 Å². The molecule has 2 aromatic heterocycles. The summed E-state index contributed by atoms with van der Waals surface area (Å²) in [5.74, 6) is 1.49. The Morgan fingerprint density at radius 2 is 1.91 bits per heavy atom. The predicted octanol–water partition coefficient (Wildman–Crippen LogP) is 4.82. The number of benzene rings is 1.